The van der Waals surface area contributed by atoms with E-state index in [4.69, 9.17) is 14.2 Å². The van der Waals surface area contributed by atoms with E-state index in [2.05, 4.69) is 37.8 Å². The van der Waals surface area contributed by atoms with Gasteiger partial charge in [0.15, 0.2) is 0 Å². The molecular weight excluding hydrogens is 330 g/mol. The molecule has 1 aliphatic heterocycles. The summed E-state index contributed by atoms with van der Waals surface area (Å²) in [5.41, 5.74) is 0.878. The molecule has 1 aromatic carbocycles. The first kappa shape index (κ1) is 20.7. The Bertz CT molecular complexity index is 585. The van der Waals surface area contributed by atoms with E-state index in [1.807, 2.05) is 18.2 Å². The summed E-state index contributed by atoms with van der Waals surface area (Å²) >= 11 is 0. The number of morpholine rings is 1. The molecule has 0 saturated carbocycles. The van der Waals surface area contributed by atoms with E-state index < -0.39 is 6.10 Å². The summed E-state index contributed by atoms with van der Waals surface area (Å²) in [6, 6.07) is 5.80. The second-order valence-electron chi connectivity index (χ2n) is 7.44. The van der Waals surface area contributed by atoms with Crippen molar-refractivity contribution in [1.29, 1.82) is 0 Å². The van der Waals surface area contributed by atoms with Gasteiger partial charge in [-0.2, -0.15) is 0 Å². The van der Waals surface area contributed by atoms with E-state index in [9.17, 15) is 5.11 Å². The quantitative estimate of drug-likeness (QED) is 0.729. The van der Waals surface area contributed by atoms with Gasteiger partial charge in [-0.25, -0.2) is 0 Å². The number of hydrogen-bond donors (Lipinski definition) is 1. The van der Waals surface area contributed by atoms with Crippen LogP contribution < -0.4 is 9.47 Å². The largest absolute Gasteiger partial charge is 0.497 e. The lowest BCUT2D eigenvalue weighted by Gasteiger charge is -2.38. The maximum absolute atomic E-state index is 10.3. The highest BCUT2D eigenvalue weighted by Gasteiger charge is 2.28. The van der Waals surface area contributed by atoms with Crippen LogP contribution in [0.1, 0.15) is 39.2 Å². The van der Waals surface area contributed by atoms with Crippen LogP contribution in [0.4, 0.5) is 0 Å². The molecule has 5 nitrogen and oxygen atoms in total. The number of aliphatic hydroxyl groups excluding tert-OH is 1. The highest BCUT2D eigenvalue weighted by atomic mass is 16.5. The Kier molecular flexibility index (Phi) is 7.94. The van der Waals surface area contributed by atoms with Gasteiger partial charge >= 0.3 is 0 Å². The first-order chi connectivity index (χ1) is 12.4. The Morgan fingerprint density at radius 2 is 2.08 bits per heavy atom. The van der Waals surface area contributed by atoms with Gasteiger partial charge in [0.25, 0.3) is 0 Å². The number of rotatable bonds is 9. The van der Waals surface area contributed by atoms with Crippen LogP contribution in [0.5, 0.6) is 11.5 Å². The number of hydrogen-bond acceptors (Lipinski definition) is 5. The number of nitrogens with zero attached hydrogens (tertiary/aromatic N) is 1. The summed E-state index contributed by atoms with van der Waals surface area (Å²) in [5, 5.41) is 10.3. The molecule has 1 N–H and O–H groups in total. The van der Waals surface area contributed by atoms with Crippen LogP contribution in [-0.2, 0) is 4.74 Å². The van der Waals surface area contributed by atoms with Gasteiger partial charge in [-0.15, -0.1) is 0 Å². The van der Waals surface area contributed by atoms with E-state index in [1.165, 1.54) is 0 Å². The van der Waals surface area contributed by atoms with Crippen LogP contribution in [0, 0.1) is 0 Å². The lowest BCUT2D eigenvalue weighted by Crippen LogP contribution is -2.50. The lowest BCUT2D eigenvalue weighted by atomic mass is 10.1. The third-order valence-electron chi connectivity index (χ3n) is 4.32. The zero-order valence-corrected chi connectivity index (χ0v) is 16.5. The van der Waals surface area contributed by atoms with Gasteiger partial charge in [-0.3, -0.25) is 4.90 Å². The molecule has 1 atom stereocenters. The van der Waals surface area contributed by atoms with Crippen LogP contribution in [-0.4, -0.2) is 61.7 Å². The summed E-state index contributed by atoms with van der Waals surface area (Å²) in [7, 11) is 1.65. The van der Waals surface area contributed by atoms with E-state index in [1.54, 1.807) is 7.11 Å². The number of aliphatic hydroxyl groups is 1. The van der Waals surface area contributed by atoms with Gasteiger partial charge in [-0.05, 0) is 38.0 Å². The number of ether oxygens (including phenoxy) is 3. The van der Waals surface area contributed by atoms with Gasteiger partial charge in [0, 0.05) is 25.7 Å². The molecule has 1 heterocycles. The van der Waals surface area contributed by atoms with Crippen LogP contribution >= 0.6 is 0 Å². The molecule has 0 radical (unpaired) electrons. The van der Waals surface area contributed by atoms with Gasteiger partial charge in [0.1, 0.15) is 24.2 Å². The Hall–Kier alpha value is -1.56. The maximum atomic E-state index is 10.3. The number of allylic oxidation sites excluding steroid dienone is 1. The van der Waals surface area contributed by atoms with E-state index in [-0.39, 0.29) is 12.2 Å². The van der Waals surface area contributed by atoms with Crippen molar-refractivity contribution in [3.63, 3.8) is 0 Å². The maximum Gasteiger partial charge on any atom is 0.123 e. The summed E-state index contributed by atoms with van der Waals surface area (Å²) in [6.07, 6.45) is 5.84. The molecule has 0 amide bonds. The molecular formula is C21H33NO4. The molecule has 1 fully saturated rings. The molecule has 1 unspecified atom stereocenters. The minimum Gasteiger partial charge on any atom is -0.497 e. The molecule has 0 bridgehead atoms. The molecule has 5 heteroatoms. The molecule has 0 aliphatic carbocycles. The molecule has 1 saturated heterocycles. The van der Waals surface area contributed by atoms with Gasteiger partial charge in [-0.1, -0.05) is 25.5 Å². The van der Waals surface area contributed by atoms with Crippen LogP contribution in [0.15, 0.2) is 24.3 Å². The molecule has 2 rings (SSSR count). The molecule has 0 spiro atoms. The lowest BCUT2D eigenvalue weighted by molar-refractivity contribution is -0.0947. The second kappa shape index (κ2) is 9.95. The Morgan fingerprint density at radius 3 is 2.77 bits per heavy atom. The predicted molar refractivity (Wildman–Crippen MR) is 105 cm³/mol. The van der Waals surface area contributed by atoms with Gasteiger partial charge in [0.05, 0.1) is 19.3 Å². The Morgan fingerprint density at radius 1 is 1.31 bits per heavy atom. The van der Waals surface area contributed by atoms with Crippen molar-refractivity contribution in [3.05, 3.63) is 29.8 Å². The first-order valence-corrected chi connectivity index (χ1v) is 9.44. The third-order valence-corrected chi connectivity index (χ3v) is 4.32. The van der Waals surface area contributed by atoms with E-state index in [0.717, 1.165) is 37.2 Å². The van der Waals surface area contributed by atoms with Crippen LogP contribution in [0.3, 0.4) is 0 Å². The van der Waals surface area contributed by atoms with Crippen LogP contribution in [0.25, 0.3) is 6.08 Å². The fourth-order valence-corrected chi connectivity index (χ4v) is 3.09. The SMILES string of the molecule is CCC/C=C/c1cc(OC)cc(OCC(O)CN2CCOC(C)(C)C2)c1. The fourth-order valence-electron chi connectivity index (χ4n) is 3.09. The second-order valence-corrected chi connectivity index (χ2v) is 7.44. The smallest absolute Gasteiger partial charge is 0.123 e. The summed E-state index contributed by atoms with van der Waals surface area (Å²) in [5.74, 6) is 1.46. The van der Waals surface area contributed by atoms with Crippen molar-refractivity contribution in [2.45, 2.75) is 45.3 Å². The van der Waals surface area contributed by atoms with Gasteiger partial charge in [0.2, 0.25) is 0 Å². The normalized spacial score (nSPS) is 18.8. The minimum atomic E-state index is -0.547. The number of β-amino-alcohol motifs (C(OH)–C–C–N with tert-alkyl or cyclic N) is 1. The summed E-state index contributed by atoms with van der Waals surface area (Å²) in [6.45, 7) is 9.49. The number of unbranched alkanes of at least 4 members (excludes halogenated alkanes) is 1. The molecule has 1 aliphatic rings. The van der Waals surface area contributed by atoms with Crippen molar-refractivity contribution < 1.29 is 19.3 Å². The zero-order chi connectivity index (χ0) is 19.0. The van der Waals surface area contributed by atoms with Crippen molar-refractivity contribution in [3.8, 4) is 11.5 Å². The first-order valence-electron chi connectivity index (χ1n) is 9.44. The summed E-state index contributed by atoms with van der Waals surface area (Å²) < 4.78 is 16.9. The van der Waals surface area contributed by atoms with Crippen molar-refractivity contribution in [1.82, 2.24) is 4.90 Å². The summed E-state index contributed by atoms with van der Waals surface area (Å²) in [4.78, 5) is 2.22. The topological polar surface area (TPSA) is 51.2 Å². The fraction of sp³-hybridized carbons (Fsp3) is 0.619. The predicted octanol–water partition coefficient (Wildman–Crippen LogP) is 3.36. The van der Waals surface area contributed by atoms with Gasteiger partial charge < -0.3 is 19.3 Å². The van der Waals surface area contributed by atoms with E-state index >= 15 is 0 Å². The Labute approximate surface area is 157 Å². The van der Waals surface area contributed by atoms with Crippen molar-refractivity contribution in [2.75, 3.05) is 40.0 Å². The molecule has 26 heavy (non-hydrogen) atoms. The standard InChI is InChI=1S/C21H33NO4/c1-5-6-7-8-17-11-19(24-4)13-20(12-17)25-15-18(23)14-22-9-10-26-21(2,3)16-22/h7-8,11-13,18,23H,5-6,9-10,14-16H2,1-4H3/b8-7+. The molecule has 146 valence electrons. The average molecular weight is 363 g/mol. The van der Waals surface area contributed by atoms with E-state index in [0.29, 0.717) is 18.9 Å². The monoisotopic (exact) mass is 363 g/mol. The average Bonchev–Trinajstić information content (AvgIpc) is 2.59. The third kappa shape index (κ3) is 6.98. The number of benzene rings is 1. The zero-order valence-electron chi connectivity index (χ0n) is 16.5. The van der Waals surface area contributed by atoms with Crippen LogP contribution in [0.2, 0.25) is 0 Å². The highest BCUT2D eigenvalue weighted by molar-refractivity contribution is 5.55. The Balaban J connectivity index is 1.90. The number of methoxy groups -OCH3 is 1. The highest BCUT2D eigenvalue weighted by Crippen LogP contribution is 2.24. The van der Waals surface area contributed by atoms with Crippen molar-refractivity contribution in [2.24, 2.45) is 0 Å². The molecule has 0 aromatic heterocycles. The van der Waals surface area contributed by atoms with Crippen molar-refractivity contribution >= 4 is 6.08 Å². The minimum absolute atomic E-state index is 0.161. The molecule has 1 aromatic rings.